The molecule has 0 spiro atoms. The Hall–Kier alpha value is -2.02. The predicted octanol–water partition coefficient (Wildman–Crippen LogP) is 2.52. The van der Waals surface area contributed by atoms with E-state index in [1.54, 1.807) is 6.07 Å². The van der Waals surface area contributed by atoms with Crippen LogP contribution < -0.4 is 10.5 Å². The zero-order valence-electron chi connectivity index (χ0n) is 9.64. The van der Waals surface area contributed by atoms with Crippen molar-refractivity contribution in [2.45, 2.75) is 25.5 Å². The first-order valence-electron chi connectivity index (χ1n) is 5.01. The summed E-state index contributed by atoms with van der Waals surface area (Å²) in [6.45, 7) is -0.379. The molecule has 0 aliphatic heterocycles. The minimum Gasteiger partial charge on any atom is -0.403 e. The summed E-state index contributed by atoms with van der Waals surface area (Å²) < 4.78 is 77.6. The minimum absolute atomic E-state index is 0.126. The first-order chi connectivity index (χ1) is 9.08. The molecule has 0 fully saturated rings. The topological polar surface area (TPSA) is 71.9 Å². The molecule has 1 rings (SSSR count). The van der Waals surface area contributed by atoms with E-state index in [2.05, 4.69) is 9.72 Å². The van der Waals surface area contributed by atoms with Gasteiger partial charge >= 0.3 is 12.5 Å². The zero-order valence-corrected chi connectivity index (χ0v) is 9.64. The molecule has 10 heteroatoms. The second-order valence-electron chi connectivity index (χ2n) is 3.53. The SMILES string of the molecule is N#CCc1nc(C(F)(F)F)c(OC(F)(F)F)cc1CN. The molecule has 2 N–H and O–H groups in total. The molecule has 0 aliphatic rings. The average molecular weight is 299 g/mol. The molecule has 0 atom stereocenters. The minimum atomic E-state index is -5.30. The van der Waals surface area contributed by atoms with E-state index in [-0.39, 0.29) is 17.8 Å². The van der Waals surface area contributed by atoms with Gasteiger partial charge in [-0.1, -0.05) is 0 Å². The van der Waals surface area contributed by atoms with Gasteiger partial charge in [-0.15, -0.1) is 13.2 Å². The van der Waals surface area contributed by atoms with Gasteiger partial charge in [-0.05, 0) is 11.6 Å². The molecular formula is C10H7F6N3O. The standard InChI is InChI=1S/C10H7F6N3O/c11-9(12,13)8-7(20-10(14,15)16)3-5(4-18)6(19-8)1-2-17/h3H,1,4,18H2. The highest BCUT2D eigenvalue weighted by Gasteiger charge is 2.41. The van der Waals surface area contributed by atoms with Gasteiger partial charge in [-0.25, -0.2) is 4.98 Å². The van der Waals surface area contributed by atoms with Crippen LogP contribution in [-0.4, -0.2) is 11.3 Å². The van der Waals surface area contributed by atoms with Gasteiger partial charge in [-0.3, -0.25) is 0 Å². The van der Waals surface area contributed by atoms with Crippen LogP contribution in [0.3, 0.4) is 0 Å². The number of rotatable bonds is 3. The second kappa shape index (κ2) is 5.54. The van der Waals surface area contributed by atoms with Gasteiger partial charge in [-0.2, -0.15) is 18.4 Å². The quantitative estimate of drug-likeness (QED) is 0.870. The van der Waals surface area contributed by atoms with E-state index in [0.717, 1.165) is 0 Å². The summed E-state index contributed by atoms with van der Waals surface area (Å²) in [4.78, 5) is 3.04. The summed E-state index contributed by atoms with van der Waals surface area (Å²) >= 11 is 0. The number of hydrogen-bond donors (Lipinski definition) is 1. The van der Waals surface area contributed by atoms with Crippen molar-refractivity contribution in [1.29, 1.82) is 5.26 Å². The van der Waals surface area contributed by atoms with Crippen LogP contribution >= 0.6 is 0 Å². The van der Waals surface area contributed by atoms with Gasteiger partial charge in [0.25, 0.3) is 0 Å². The average Bonchev–Trinajstić information content (AvgIpc) is 2.27. The highest BCUT2D eigenvalue weighted by molar-refractivity contribution is 5.38. The molecule has 110 valence electrons. The van der Waals surface area contributed by atoms with Crippen LogP contribution in [0.1, 0.15) is 17.0 Å². The van der Waals surface area contributed by atoms with E-state index in [9.17, 15) is 26.3 Å². The molecule has 0 saturated heterocycles. The smallest absolute Gasteiger partial charge is 0.403 e. The van der Waals surface area contributed by atoms with Gasteiger partial charge < -0.3 is 10.5 Å². The van der Waals surface area contributed by atoms with Crippen LogP contribution in [0.25, 0.3) is 0 Å². The van der Waals surface area contributed by atoms with Gasteiger partial charge in [0.2, 0.25) is 0 Å². The molecular weight excluding hydrogens is 292 g/mol. The van der Waals surface area contributed by atoms with E-state index in [0.29, 0.717) is 6.07 Å². The molecule has 0 aliphatic carbocycles. The fourth-order valence-electron chi connectivity index (χ4n) is 1.38. The van der Waals surface area contributed by atoms with E-state index in [1.165, 1.54) is 0 Å². The van der Waals surface area contributed by atoms with Crippen LogP contribution in [0.2, 0.25) is 0 Å². The van der Waals surface area contributed by atoms with Gasteiger partial charge in [0.1, 0.15) is 0 Å². The maximum Gasteiger partial charge on any atom is 0.573 e. The fourth-order valence-corrected chi connectivity index (χ4v) is 1.38. The maximum absolute atomic E-state index is 12.7. The van der Waals surface area contributed by atoms with Crippen molar-refractivity contribution in [2.24, 2.45) is 5.73 Å². The third kappa shape index (κ3) is 3.99. The van der Waals surface area contributed by atoms with Crippen LogP contribution in [0.15, 0.2) is 6.07 Å². The highest BCUT2D eigenvalue weighted by Crippen LogP contribution is 2.38. The number of alkyl halides is 6. The monoisotopic (exact) mass is 299 g/mol. The Morgan fingerprint density at radius 3 is 2.25 bits per heavy atom. The number of ether oxygens (including phenoxy) is 1. The number of halogens is 6. The Morgan fingerprint density at radius 1 is 1.25 bits per heavy atom. The molecule has 4 nitrogen and oxygen atoms in total. The number of aromatic nitrogens is 1. The summed E-state index contributed by atoms with van der Waals surface area (Å²) in [7, 11) is 0. The molecule has 20 heavy (non-hydrogen) atoms. The number of nitrogens with zero attached hydrogens (tertiary/aromatic N) is 2. The van der Waals surface area contributed by atoms with Crippen molar-refractivity contribution in [3.8, 4) is 11.8 Å². The number of pyridine rings is 1. The molecule has 0 amide bonds. The largest absolute Gasteiger partial charge is 0.573 e. The molecule has 0 saturated carbocycles. The molecule has 0 unspecified atom stereocenters. The first-order valence-corrected chi connectivity index (χ1v) is 5.01. The van der Waals surface area contributed by atoms with Gasteiger partial charge in [0.05, 0.1) is 18.2 Å². The molecule has 1 heterocycles. The van der Waals surface area contributed by atoms with Gasteiger partial charge in [0.15, 0.2) is 11.4 Å². The van der Waals surface area contributed by atoms with E-state index in [4.69, 9.17) is 11.0 Å². The van der Waals surface area contributed by atoms with Crippen LogP contribution in [0, 0.1) is 11.3 Å². The third-order valence-corrected chi connectivity index (χ3v) is 2.12. The molecule has 0 aromatic carbocycles. The van der Waals surface area contributed by atoms with Crippen molar-refractivity contribution in [3.05, 3.63) is 23.0 Å². The Morgan fingerprint density at radius 2 is 1.85 bits per heavy atom. The maximum atomic E-state index is 12.7. The van der Waals surface area contributed by atoms with Crippen molar-refractivity contribution in [3.63, 3.8) is 0 Å². The van der Waals surface area contributed by atoms with Crippen LogP contribution in [0.4, 0.5) is 26.3 Å². The number of hydrogen-bond acceptors (Lipinski definition) is 4. The summed E-state index contributed by atoms with van der Waals surface area (Å²) in [6, 6.07) is 2.05. The van der Waals surface area contributed by atoms with Crippen molar-refractivity contribution >= 4 is 0 Å². The molecule has 1 aromatic rings. The zero-order chi connectivity index (χ0) is 15.6. The Labute approximate surface area is 108 Å². The summed E-state index contributed by atoms with van der Waals surface area (Å²) in [6.07, 6.45) is -11.0. The van der Waals surface area contributed by atoms with E-state index in [1.807, 2.05) is 0 Å². The van der Waals surface area contributed by atoms with Crippen molar-refractivity contribution in [2.75, 3.05) is 0 Å². The fraction of sp³-hybridized carbons (Fsp3) is 0.400. The third-order valence-electron chi connectivity index (χ3n) is 2.12. The lowest BCUT2D eigenvalue weighted by Gasteiger charge is -2.17. The Kier molecular flexibility index (Phi) is 4.44. The van der Waals surface area contributed by atoms with Gasteiger partial charge in [0, 0.05) is 6.54 Å². The van der Waals surface area contributed by atoms with Crippen LogP contribution in [0.5, 0.6) is 5.75 Å². The van der Waals surface area contributed by atoms with Crippen LogP contribution in [-0.2, 0) is 19.1 Å². The second-order valence-corrected chi connectivity index (χ2v) is 3.53. The summed E-state index contributed by atoms with van der Waals surface area (Å²) in [5.74, 6) is -1.49. The van der Waals surface area contributed by atoms with Crippen molar-refractivity contribution in [1.82, 2.24) is 4.98 Å². The first kappa shape index (κ1) is 16.0. The molecule has 1 aromatic heterocycles. The lowest BCUT2D eigenvalue weighted by Crippen LogP contribution is -2.22. The molecule has 0 bridgehead atoms. The Bertz CT molecular complexity index is 532. The molecule has 0 radical (unpaired) electrons. The predicted molar refractivity (Wildman–Crippen MR) is 53.1 cm³/mol. The summed E-state index contributed by atoms with van der Waals surface area (Å²) in [5, 5.41) is 8.47. The van der Waals surface area contributed by atoms with Crippen molar-refractivity contribution < 1.29 is 31.1 Å². The number of nitrogens with two attached hydrogens (primary N) is 1. The normalized spacial score (nSPS) is 12.1. The van der Waals surface area contributed by atoms with E-state index < -0.39 is 30.4 Å². The Balaban J connectivity index is 3.44. The lowest BCUT2D eigenvalue weighted by molar-refractivity contribution is -0.276. The lowest BCUT2D eigenvalue weighted by atomic mass is 10.1. The highest BCUT2D eigenvalue weighted by atomic mass is 19.4. The number of nitriles is 1. The summed E-state index contributed by atoms with van der Waals surface area (Å²) in [5.41, 5.74) is 2.89. The van der Waals surface area contributed by atoms with E-state index >= 15 is 0 Å².